The molecule has 1 aliphatic rings. The van der Waals surface area contributed by atoms with Crippen LogP contribution in [-0.2, 0) is 0 Å². The van der Waals surface area contributed by atoms with Crippen LogP contribution in [0.25, 0.3) is 0 Å². The number of amidine groups is 1. The fourth-order valence-corrected chi connectivity index (χ4v) is 3.72. The number of nitrogens with zero attached hydrogens (tertiary/aromatic N) is 1. The van der Waals surface area contributed by atoms with Crippen LogP contribution < -0.4 is 10.1 Å². The first-order valence-electron chi connectivity index (χ1n) is 9.31. The molecule has 4 nitrogen and oxygen atoms in total. The van der Waals surface area contributed by atoms with Crippen molar-refractivity contribution < 1.29 is 23.1 Å². The Bertz CT molecular complexity index is 768. The Labute approximate surface area is 162 Å². The van der Waals surface area contributed by atoms with Gasteiger partial charge in [0.2, 0.25) is 0 Å². The first-order chi connectivity index (χ1) is 13.4. The Kier molecular flexibility index (Phi) is 6.44. The molecule has 150 valence electrons. The number of hydrogen-bond donors (Lipinski definition) is 2. The predicted molar refractivity (Wildman–Crippen MR) is 102 cm³/mol. The van der Waals surface area contributed by atoms with Crippen molar-refractivity contribution in [2.45, 2.75) is 44.4 Å². The van der Waals surface area contributed by atoms with Crippen LogP contribution in [0.2, 0.25) is 0 Å². The van der Waals surface area contributed by atoms with Gasteiger partial charge in [0, 0.05) is 12.1 Å². The molecule has 0 unspecified atom stereocenters. The van der Waals surface area contributed by atoms with Crippen LogP contribution in [0.3, 0.4) is 0 Å². The molecule has 0 saturated heterocycles. The first kappa shape index (κ1) is 20.0. The Morgan fingerprint density at radius 3 is 2.21 bits per heavy atom. The van der Waals surface area contributed by atoms with Crippen LogP contribution in [0.1, 0.15) is 43.6 Å². The van der Waals surface area contributed by atoms with Gasteiger partial charge >= 0.3 is 6.36 Å². The average molecular weight is 392 g/mol. The third-order valence-electron chi connectivity index (χ3n) is 5.10. The van der Waals surface area contributed by atoms with Gasteiger partial charge in [-0.2, -0.15) is 0 Å². The number of benzene rings is 2. The third kappa shape index (κ3) is 5.90. The van der Waals surface area contributed by atoms with Crippen molar-refractivity contribution in [3.8, 4) is 5.75 Å². The summed E-state index contributed by atoms with van der Waals surface area (Å²) in [7, 11) is 0. The lowest BCUT2D eigenvalue weighted by Gasteiger charge is -2.29. The Hall–Kier alpha value is -2.70. The van der Waals surface area contributed by atoms with Crippen molar-refractivity contribution in [3.05, 3.63) is 60.2 Å². The van der Waals surface area contributed by atoms with E-state index in [0.29, 0.717) is 29.8 Å². The van der Waals surface area contributed by atoms with Gasteiger partial charge in [0.05, 0.1) is 0 Å². The van der Waals surface area contributed by atoms with E-state index in [1.165, 1.54) is 29.8 Å². The van der Waals surface area contributed by atoms with Crippen LogP contribution in [0.15, 0.2) is 59.8 Å². The highest BCUT2D eigenvalue weighted by Crippen LogP contribution is 2.37. The molecule has 0 spiro atoms. The maximum atomic E-state index is 12.2. The summed E-state index contributed by atoms with van der Waals surface area (Å²) in [6, 6.07) is 15.8. The summed E-state index contributed by atoms with van der Waals surface area (Å²) in [6.07, 6.45) is 0.148. The number of rotatable bonds is 5. The molecule has 3 rings (SSSR count). The van der Waals surface area contributed by atoms with E-state index in [0.717, 1.165) is 25.7 Å². The van der Waals surface area contributed by atoms with Gasteiger partial charge in [-0.25, -0.2) is 0 Å². The minimum absolute atomic E-state index is 0.292. The molecule has 0 aromatic heterocycles. The second-order valence-corrected chi connectivity index (χ2v) is 7.08. The van der Waals surface area contributed by atoms with Gasteiger partial charge in [0.1, 0.15) is 11.6 Å². The highest BCUT2D eigenvalue weighted by atomic mass is 19.4. The highest BCUT2D eigenvalue weighted by molar-refractivity contribution is 5.95. The minimum atomic E-state index is -4.72. The molecule has 0 radical (unpaired) electrons. The maximum absolute atomic E-state index is 12.2. The summed E-state index contributed by atoms with van der Waals surface area (Å²) in [4.78, 5) is 0. The molecule has 2 N–H and O–H groups in total. The van der Waals surface area contributed by atoms with Crippen molar-refractivity contribution in [1.82, 2.24) is 0 Å². The number of alkyl halides is 3. The van der Waals surface area contributed by atoms with Crippen LogP contribution in [0.4, 0.5) is 18.9 Å². The second kappa shape index (κ2) is 8.99. The summed E-state index contributed by atoms with van der Waals surface area (Å²) >= 11 is 0. The van der Waals surface area contributed by atoms with Crippen molar-refractivity contribution in [3.63, 3.8) is 0 Å². The normalized spacial score (nSPS) is 20.6. The van der Waals surface area contributed by atoms with E-state index >= 15 is 0 Å². The van der Waals surface area contributed by atoms with Crippen molar-refractivity contribution >= 4 is 11.5 Å². The number of oxime groups is 1. The van der Waals surface area contributed by atoms with E-state index in [2.05, 4.69) is 39.5 Å². The lowest BCUT2D eigenvalue weighted by Crippen LogP contribution is -2.21. The Morgan fingerprint density at radius 1 is 1.00 bits per heavy atom. The van der Waals surface area contributed by atoms with Crippen molar-refractivity contribution in [1.29, 1.82) is 0 Å². The molecule has 1 saturated carbocycles. The minimum Gasteiger partial charge on any atom is -0.409 e. The smallest absolute Gasteiger partial charge is 0.409 e. The maximum Gasteiger partial charge on any atom is 0.573 e. The van der Waals surface area contributed by atoms with E-state index < -0.39 is 6.36 Å². The van der Waals surface area contributed by atoms with Gasteiger partial charge in [-0.15, -0.1) is 13.2 Å². The van der Waals surface area contributed by atoms with E-state index in [-0.39, 0.29) is 5.75 Å². The number of halogens is 3. The molecule has 7 heteroatoms. The number of nitrogens with one attached hydrogen (secondary N) is 1. The zero-order valence-corrected chi connectivity index (χ0v) is 15.3. The molecular weight excluding hydrogens is 369 g/mol. The van der Waals surface area contributed by atoms with Crippen molar-refractivity contribution in [2.75, 3.05) is 5.32 Å². The highest BCUT2D eigenvalue weighted by Gasteiger charge is 2.31. The average Bonchev–Trinajstić information content (AvgIpc) is 2.69. The molecule has 0 aliphatic heterocycles. The molecule has 0 heterocycles. The summed E-state index contributed by atoms with van der Waals surface area (Å²) in [6.45, 7) is 0. The Balaban J connectivity index is 1.50. The van der Waals surface area contributed by atoms with Crippen LogP contribution in [-0.4, -0.2) is 17.4 Å². The molecule has 0 amide bonds. The quantitative estimate of drug-likeness (QED) is 0.278. The van der Waals surface area contributed by atoms with Crippen LogP contribution >= 0.6 is 0 Å². The number of anilines is 1. The topological polar surface area (TPSA) is 53.9 Å². The molecule has 2 aromatic rings. The monoisotopic (exact) mass is 392 g/mol. The molecule has 0 atom stereocenters. The molecule has 0 bridgehead atoms. The standard InChI is InChI=1S/C21H23F3N2O2/c22-21(23,24)28-19-12-10-18(11-13-19)25-20(26-27)14-15-6-8-17(9-7-15)16-4-2-1-3-5-16/h1-5,10-13,15,17,27H,6-9,14H2,(H,25,26)/t15-,17+. The Morgan fingerprint density at radius 2 is 1.64 bits per heavy atom. The largest absolute Gasteiger partial charge is 0.573 e. The predicted octanol–water partition coefficient (Wildman–Crippen LogP) is 6.15. The summed E-state index contributed by atoms with van der Waals surface area (Å²) < 4.78 is 40.5. The number of hydrogen-bond acceptors (Lipinski definition) is 3. The fourth-order valence-electron chi connectivity index (χ4n) is 3.72. The van der Waals surface area contributed by atoms with E-state index in [1.807, 2.05) is 6.07 Å². The summed E-state index contributed by atoms with van der Waals surface area (Å²) in [5.74, 6) is 1.10. The van der Waals surface area contributed by atoms with Gasteiger partial charge in [-0.05, 0) is 67.3 Å². The van der Waals surface area contributed by atoms with Gasteiger partial charge in [-0.3, -0.25) is 0 Å². The zero-order chi connectivity index (χ0) is 20.0. The van der Waals surface area contributed by atoms with Gasteiger partial charge in [0.25, 0.3) is 0 Å². The fraction of sp³-hybridized carbons (Fsp3) is 0.381. The van der Waals surface area contributed by atoms with Crippen LogP contribution in [0, 0.1) is 5.92 Å². The van der Waals surface area contributed by atoms with Gasteiger partial charge < -0.3 is 15.3 Å². The van der Waals surface area contributed by atoms with E-state index in [4.69, 9.17) is 0 Å². The van der Waals surface area contributed by atoms with Gasteiger partial charge in [0.15, 0.2) is 0 Å². The van der Waals surface area contributed by atoms with Crippen molar-refractivity contribution in [2.24, 2.45) is 11.1 Å². The zero-order valence-electron chi connectivity index (χ0n) is 15.3. The molecular formula is C21H23F3N2O2. The molecule has 2 aromatic carbocycles. The lowest BCUT2D eigenvalue weighted by molar-refractivity contribution is -0.274. The molecule has 1 fully saturated rings. The second-order valence-electron chi connectivity index (χ2n) is 7.08. The van der Waals surface area contributed by atoms with E-state index in [9.17, 15) is 18.4 Å². The van der Waals surface area contributed by atoms with E-state index in [1.54, 1.807) is 0 Å². The molecule has 28 heavy (non-hydrogen) atoms. The van der Waals surface area contributed by atoms with Gasteiger partial charge in [-0.1, -0.05) is 35.5 Å². The summed E-state index contributed by atoms with van der Waals surface area (Å²) in [5, 5.41) is 15.6. The lowest BCUT2D eigenvalue weighted by atomic mass is 9.77. The third-order valence-corrected chi connectivity index (χ3v) is 5.10. The molecule has 1 aliphatic carbocycles. The first-order valence-corrected chi connectivity index (χ1v) is 9.31. The summed E-state index contributed by atoms with van der Waals surface area (Å²) in [5.41, 5.74) is 1.91. The number of ether oxygens (including phenoxy) is 1. The van der Waals surface area contributed by atoms with Crippen LogP contribution in [0.5, 0.6) is 5.75 Å². The SMILES string of the molecule is O/N=C(/C[C@H]1CC[C@@H](c2ccccc2)CC1)Nc1ccc(OC(F)(F)F)cc1.